The van der Waals surface area contributed by atoms with Gasteiger partial charge in [-0.15, -0.1) is 0 Å². The Morgan fingerprint density at radius 2 is 1.88 bits per heavy atom. The summed E-state index contributed by atoms with van der Waals surface area (Å²) in [6.45, 7) is 11.5. The van der Waals surface area contributed by atoms with Crippen molar-refractivity contribution in [1.29, 1.82) is 0 Å². The van der Waals surface area contributed by atoms with Crippen molar-refractivity contribution in [3.8, 4) is 0 Å². The fourth-order valence-electron chi connectivity index (χ4n) is 1.48. The Morgan fingerprint density at radius 1 is 1.24 bits per heavy atom. The van der Waals surface area contributed by atoms with Crippen LogP contribution in [0.25, 0.3) is 0 Å². The summed E-state index contributed by atoms with van der Waals surface area (Å²) < 4.78 is 5.32. The van der Waals surface area contributed by atoms with Gasteiger partial charge in [-0.2, -0.15) is 0 Å². The van der Waals surface area contributed by atoms with Crippen LogP contribution in [-0.2, 0) is 9.53 Å². The Bertz CT molecular complexity index is 209. The predicted octanol–water partition coefficient (Wildman–Crippen LogP) is 3.13. The maximum absolute atomic E-state index is 11.7. The smallest absolute Gasteiger partial charge is 0.310 e. The van der Waals surface area contributed by atoms with Crippen molar-refractivity contribution in [2.24, 2.45) is 5.92 Å². The van der Waals surface area contributed by atoms with E-state index in [0.29, 0.717) is 6.54 Å². The standard InChI is InChI=1S/C14H29NO2/c1-6-7-8-9-10-15-11-12(2)13(16)17-14(3,4)5/h12,15H,6-11H2,1-5H3/t12-/m1/s1. The van der Waals surface area contributed by atoms with E-state index in [2.05, 4.69) is 12.2 Å². The van der Waals surface area contributed by atoms with Crippen molar-refractivity contribution < 1.29 is 9.53 Å². The molecule has 0 aromatic rings. The van der Waals surface area contributed by atoms with Gasteiger partial charge in [-0.1, -0.05) is 33.1 Å². The number of hydrogen-bond acceptors (Lipinski definition) is 3. The van der Waals surface area contributed by atoms with E-state index >= 15 is 0 Å². The molecule has 0 saturated heterocycles. The molecule has 0 aliphatic heterocycles. The molecular weight excluding hydrogens is 214 g/mol. The van der Waals surface area contributed by atoms with Crippen molar-refractivity contribution >= 4 is 5.97 Å². The lowest BCUT2D eigenvalue weighted by Gasteiger charge is -2.22. The quantitative estimate of drug-likeness (QED) is 0.526. The topological polar surface area (TPSA) is 38.3 Å². The molecule has 0 radical (unpaired) electrons. The SMILES string of the molecule is CCCCCCNC[C@@H](C)C(=O)OC(C)(C)C. The Kier molecular flexibility index (Phi) is 8.23. The van der Waals surface area contributed by atoms with Gasteiger partial charge in [0, 0.05) is 6.54 Å². The Morgan fingerprint density at radius 3 is 2.41 bits per heavy atom. The molecule has 3 nitrogen and oxygen atoms in total. The Hall–Kier alpha value is -0.570. The molecule has 0 fully saturated rings. The van der Waals surface area contributed by atoms with Crippen molar-refractivity contribution in [3.05, 3.63) is 0 Å². The molecule has 0 aliphatic rings. The van der Waals surface area contributed by atoms with Crippen LogP contribution in [-0.4, -0.2) is 24.7 Å². The summed E-state index contributed by atoms with van der Waals surface area (Å²) in [5, 5.41) is 3.31. The van der Waals surface area contributed by atoms with Crippen LogP contribution >= 0.6 is 0 Å². The maximum Gasteiger partial charge on any atom is 0.310 e. The number of nitrogens with one attached hydrogen (secondary N) is 1. The largest absolute Gasteiger partial charge is 0.460 e. The maximum atomic E-state index is 11.7. The monoisotopic (exact) mass is 243 g/mol. The average molecular weight is 243 g/mol. The second-order valence-corrected chi connectivity index (χ2v) is 5.70. The van der Waals surface area contributed by atoms with Crippen LogP contribution < -0.4 is 5.32 Å². The second-order valence-electron chi connectivity index (χ2n) is 5.70. The van der Waals surface area contributed by atoms with Gasteiger partial charge in [0.1, 0.15) is 5.60 Å². The summed E-state index contributed by atoms with van der Waals surface area (Å²) in [7, 11) is 0. The highest BCUT2D eigenvalue weighted by molar-refractivity contribution is 5.72. The van der Waals surface area contributed by atoms with Gasteiger partial charge in [-0.05, 0) is 33.7 Å². The number of ether oxygens (including phenoxy) is 1. The van der Waals surface area contributed by atoms with Gasteiger partial charge in [-0.3, -0.25) is 4.79 Å². The zero-order chi connectivity index (χ0) is 13.3. The molecule has 1 N–H and O–H groups in total. The van der Waals surface area contributed by atoms with Gasteiger partial charge in [0.25, 0.3) is 0 Å². The van der Waals surface area contributed by atoms with Gasteiger partial charge in [0.05, 0.1) is 5.92 Å². The van der Waals surface area contributed by atoms with Crippen LogP contribution in [0.4, 0.5) is 0 Å². The molecule has 0 aromatic heterocycles. The number of carbonyl (C=O) groups is 1. The van der Waals surface area contributed by atoms with Crippen LogP contribution in [0.5, 0.6) is 0 Å². The molecule has 0 bridgehead atoms. The lowest BCUT2D eigenvalue weighted by molar-refractivity contribution is -0.159. The third-order valence-corrected chi connectivity index (χ3v) is 2.47. The normalized spacial score (nSPS) is 13.5. The minimum atomic E-state index is -0.382. The molecular formula is C14H29NO2. The van der Waals surface area contributed by atoms with Crippen LogP contribution in [0.15, 0.2) is 0 Å². The van der Waals surface area contributed by atoms with Crippen molar-refractivity contribution in [1.82, 2.24) is 5.32 Å². The molecule has 0 heterocycles. The van der Waals surface area contributed by atoms with Crippen LogP contribution in [0.1, 0.15) is 60.3 Å². The average Bonchev–Trinajstić information content (AvgIpc) is 2.20. The Balaban J connectivity index is 3.58. The van der Waals surface area contributed by atoms with Gasteiger partial charge < -0.3 is 10.1 Å². The lowest BCUT2D eigenvalue weighted by Crippen LogP contribution is -2.33. The van der Waals surface area contributed by atoms with Gasteiger partial charge in [0.15, 0.2) is 0 Å². The summed E-state index contributed by atoms with van der Waals surface area (Å²) in [4.78, 5) is 11.7. The summed E-state index contributed by atoms with van der Waals surface area (Å²) in [5.41, 5.74) is -0.382. The molecule has 3 heteroatoms. The third-order valence-electron chi connectivity index (χ3n) is 2.47. The van der Waals surface area contributed by atoms with E-state index in [4.69, 9.17) is 4.74 Å². The van der Waals surface area contributed by atoms with E-state index < -0.39 is 0 Å². The highest BCUT2D eigenvalue weighted by Gasteiger charge is 2.21. The number of carbonyl (C=O) groups excluding carboxylic acids is 1. The van der Waals surface area contributed by atoms with Gasteiger partial charge in [-0.25, -0.2) is 0 Å². The first kappa shape index (κ1) is 16.4. The van der Waals surface area contributed by atoms with Crippen molar-refractivity contribution in [2.75, 3.05) is 13.1 Å². The Labute approximate surface area is 106 Å². The molecule has 0 saturated carbocycles. The van der Waals surface area contributed by atoms with E-state index in [9.17, 15) is 4.79 Å². The predicted molar refractivity (Wildman–Crippen MR) is 72.0 cm³/mol. The highest BCUT2D eigenvalue weighted by Crippen LogP contribution is 2.10. The number of esters is 1. The first-order valence-electron chi connectivity index (χ1n) is 6.80. The van der Waals surface area contributed by atoms with E-state index in [-0.39, 0.29) is 17.5 Å². The molecule has 0 spiro atoms. The number of unbranched alkanes of at least 4 members (excludes halogenated alkanes) is 3. The summed E-state index contributed by atoms with van der Waals surface area (Å²) >= 11 is 0. The molecule has 1 atom stereocenters. The number of rotatable bonds is 8. The molecule has 0 aliphatic carbocycles. The minimum absolute atomic E-state index is 0.0691. The van der Waals surface area contributed by atoms with E-state index in [1.807, 2.05) is 27.7 Å². The zero-order valence-electron chi connectivity index (χ0n) is 12.1. The van der Waals surface area contributed by atoms with Crippen LogP contribution in [0.3, 0.4) is 0 Å². The van der Waals surface area contributed by atoms with Gasteiger partial charge in [0.2, 0.25) is 0 Å². The third kappa shape index (κ3) is 10.3. The molecule has 102 valence electrons. The fourth-order valence-corrected chi connectivity index (χ4v) is 1.48. The second kappa shape index (κ2) is 8.51. The van der Waals surface area contributed by atoms with Crippen LogP contribution in [0, 0.1) is 5.92 Å². The first-order chi connectivity index (χ1) is 7.87. The van der Waals surface area contributed by atoms with E-state index in [0.717, 1.165) is 6.54 Å². The van der Waals surface area contributed by atoms with E-state index in [1.165, 1.54) is 25.7 Å². The highest BCUT2D eigenvalue weighted by atomic mass is 16.6. The first-order valence-corrected chi connectivity index (χ1v) is 6.80. The minimum Gasteiger partial charge on any atom is -0.460 e. The van der Waals surface area contributed by atoms with E-state index in [1.54, 1.807) is 0 Å². The summed E-state index contributed by atoms with van der Waals surface area (Å²) in [5.74, 6) is -0.182. The summed E-state index contributed by atoms with van der Waals surface area (Å²) in [6.07, 6.45) is 5.01. The molecule has 0 rings (SSSR count). The van der Waals surface area contributed by atoms with Crippen molar-refractivity contribution in [2.45, 2.75) is 65.9 Å². The molecule has 0 unspecified atom stereocenters. The molecule has 0 amide bonds. The number of hydrogen-bond donors (Lipinski definition) is 1. The fraction of sp³-hybridized carbons (Fsp3) is 0.929. The molecule has 17 heavy (non-hydrogen) atoms. The van der Waals surface area contributed by atoms with Gasteiger partial charge >= 0.3 is 5.97 Å². The lowest BCUT2D eigenvalue weighted by atomic mass is 10.1. The van der Waals surface area contributed by atoms with Crippen molar-refractivity contribution in [3.63, 3.8) is 0 Å². The zero-order valence-corrected chi connectivity index (χ0v) is 12.1. The molecule has 0 aromatic carbocycles. The van der Waals surface area contributed by atoms with Crippen LogP contribution in [0.2, 0.25) is 0 Å². The summed E-state index contributed by atoms with van der Waals surface area (Å²) in [6, 6.07) is 0.